The van der Waals surface area contributed by atoms with Crippen LogP contribution in [0.3, 0.4) is 0 Å². The molecule has 8 aromatic carbocycles. The van der Waals surface area contributed by atoms with E-state index < -0.39 is 0 Å². The molecule has 6 nitrogen and oxygen atoms in total. The van der Waals surface area contributed by atoms with E-state index in [9.17, 15) is 0 Å². The zero-order valence-electron chi connectivity index (χ0n) is 30.3. The Morgan fingerprint density at radius 3 is 1.35 bits per heavy atom. The Balaban J connectivity index is 0.985. The third kappa shape index (κ3) is 5.08. The number of hydrogen-bond acceptors (Lipinski definition) is 6. The molecule has 0 bridgehead atoms. The van der Waals surface area contributed by atoms with E-state index in [4.69, 9.17) is 28.2 Å². The normalized spacial score (nSPS) is 11.9. The van der Waals surface area contributed by atoms with E-state index in [0.717, 1.165) is 105 Å². The molecule has 0 aliphatic carbocycles. The summed E-state index contributed by atoms with van der Waals surface area (Å²) < 4.78 is 19.3. The minimum Gasteiger partial charge on any atom is -0.456 e. The molecule has 0 aliphatic heterocycles. The number of furan rings is 3. The van der Waals surface area contributed by atoms with Crippen LogP contribution in [0.5, 0.6) is 0 Å². The number of hydrogen-bond donors (Lipinski definition) is 0. The van der Waals surface area contributed by atoms with Gasteiger partial charge in [0.1, 0.15) is 33.5 Å². The van der Waals surface area contributed by atoms with E-state index in [1.807, 2.05) is 78.9 Å². The van der Waals surface area contributed by atoms with Crippen molar-refractivity contribution in [2.75, 3.05) is 0 Å². The second-order valence-electron chi connectivity index (χ2n) is 14.3. The Hall–Kier alpha value is -7.83. The average molecular weight is 732 g/mol. The molecule has 4 aromatic heterocycles. The standard InChI is InChI=1S/C51H29N3O3/c1-2-11-30(12-3-1)49-52-50(32-22-25-39-37-16-7-9-20-44(37)56-46(39)28-32)54-51(53-49)33-23-26-40-42-18-10-17-41(48(42)57-47(40)29-33)35-14-5-4-13-34(35)31-21-24-38-36-15-6-8-19-43(36)55-45(38)27-31/h1-29H. The van der Waals surface area contributed by atoms with E-state index in [-0.39, 0.29) is 0 Å². The van der Waals surface area contributed by atoms with Gasteiger partial charge in [-0.3, -0.25) is 0 Å². The molecule has 0 saturated heterocycles. The molecular formula is C51H29N3O3. The van der Waals surface area contributed by atoms with Crippen molar-refractivity contribution in [3.63, 3.8) is 0 Å². The third-order valence-corrected chi connectivity index (χ3v) is 11.0. The molecule has 4 heterocycles. The Morgan fingerprint density at radius 2 is 0.702 bits per heavy atom. The van der Waals surface area contributed by atoms with Gasteiger partial charge in [-0.15, -0.1) is 0 Å². The fourth-order valence-corrected chi connectivity index (χ4v) is 8.23. The van der Waals surface area contributed by atoms with Crippen LogP contribution in [0.25, 0.3) is 122 Å². The van der Waals surface area contributed by atoms with Crippen molar-refractivity contribution in [1.29, 1.82) is 0 Å². The van der Waals surface area contributed by atoms with Crippen molar-refractivity contribution in [1.82, 2.24) is 15.0 Å². The second kappa shape index (κ2) is 12.3. The highest BCUT2D eigenvalue weighted by molar-refractivity contribution is 6.12. The van der Waals surface area contributed by atoms with Gasteiger partial charge in [-0.2, -0.15) is 0 Å². The molecule has 266 valence electrons. The van der Waals surface area contributed by atoms with E-state index in [1.165, 1.54) is 0 Å². The maximum absolute atomic E-state index is 6.81. The lowest BCUT2D eigenvalue weighted by molar-refractivity contribution is 0.668. The molecule has 6 heteroatoms. The maximum atomic E-state index is 6.81. The monoisotopic (exact) mass is 731 g/mol. The molecule has 12 aromatic rings. The van der Waals surface area contributed by atoms with Gasteiger partial charge in [0.05, 0.1) is 0 Å². The Kier molecular flexibility index (Phi) is 6.83. The highest BCUT2D eigenvalue weighted by Crippen LogP contribution is 2.42. The van der Waals surface area contributed by atoms with Crippen LogP contribution in [0.15, 0.2) is 189 Å². The van der Waals surface area contributed by atoms with Gasteiger partial charge < -0.3 is 13.3 Å². The van der Waals surface area contributed by atoms with Gasteiger partial charge in [0.15, 0.2) is 17.5 Å². The van der Waals surface area contributed by atoms with Crippen LogP contribution in [0, 0.1) is 0 Å². The van der Waals surface area contributed by atoms with Gasteiger partial charge in [0, 0.05) is 54.6 Å². The maximum Gasteiger partial charge on any atom is 0.164 e. The number of para-hydroxylation sites is 3. The van der Waals surface area contributed by atoms with E-state index in [0.29, 0.717) is 17.5 Å². The summed E-state index contributed by atoms with van der Waals surface area (Å²) >= 11 is 0. The summed E-state index contributed by atoms with van der Waals surface area (Å²) in [6, 6.07) is 59.9. The fraction of sp³-hybridized carbons (Fsp3) is 0. The minimum atomic E-state index is 0.553. The zero-order valence-corrected chi connectivity index (χ0v) is 30.3. The van der Waals surface area contributed by atoms with Crippen LogP contribution in [-0.4, -0.2) is 15.0 Å². The van der Waals surface area contributed by atoms with Crippen molar-refractivity contribution in [3.8, 4) is 56.4 Å². The van der Waals surface area contributed by atoms with Crippen molar-refractivity contribution in [3.05, 3.63) is 176 Å². The lowest BCUT2D eigenvalue weighted by Gasteiger charge is -2.11. The first-order chi connectivity index (χ1) is 28.2. The summed E-state index contributed by atoms with van der Waals surface area (Å²) in [4.78, 5) is 15.0. The minimum absolute atomic E-state index is 0.553. The molecule has 0 amide bonds. The highest BCUT2D eigenvalue weighted by atomic mass is 16.3. The summed E-state index contributed by atoms with van der Waals surface area (Å²) in [5.74, 6) is 1.70. The molecule has 0 atom stereocenters. The second-order valence-corrected chi connectivity index (χ2v) is 14.3. The summed E-state index contributed by atoms with van der Waals surface area (Å²) in [5.41, 5.74) is 11.8. The topological polar surface area (TPSA) is 78.1 Å². The molecule has 0 fully saturated rings. The molecule has 0 N–H and O–H groups in total. The summed E-state index contributed by atoms with van der Waals surface area (Å²) in [7, 11) is 0. The smallest absolute Gasteiger partial charge is 0.164 e. The molecule has 57 heavy (non-hydrogen) atoms. The first-order valence-electron chi connectivity index (χ1n) is 18.9. The predicted octanol–water partition coefficient (Wildman–Crippen LogP) is 13.9. The predicted molar refractivity (Wildman–Crippen MR) is 229 cm³/mol. The fourth-order valence-electron chi connectivity index (χ4n) is 8.23. The van der Waals surface area contributed by atoms with Crippen molar-refractivity contribution >= 4 is 65.8 Å². The summed E-state index contributed by atoms with van der Waals surface area (Å²) in [6.07, 6.45) is 0. The van der Waals surface area contributed by atoms with Gasteiger partial charge in [0.2, 0.25) is 0 Å². The Bertz CT molecular complexity index is 3540. The average Bonchev–Trinajstić information content (AvgIpc) is 3.97. The van der Waals surface area contributed by atoms with E-state index in [1.54, 1.807) is 0 Å². The number of rotatable bonds is 5. The summed E-state index contributed by atoms with van der Waals surface area (Å²) in [6.45, 7) is 0. The SMILES string of the molecule is c1ccc(-c2nc(-c3ccc4c(c3)oc3ccccc34)nc(-c3ccc4c(c3)oc3c(-c5ccccc5-c5ccc6c(c5)oc5ccccc56)cccc34)n2)cc1. The van der Waals surface area contributed by atoms with Crippen molar-refractivity contribution in [2.24, 2.45) is 0 Å². The zero-order chi connectivity index (χ0) is 37.5. The van der Waals surface area contributed by atoms with Crippen molar-refractivity contribution < 1.29 is 13.3 Å². The largest absolute Gasteiger partial charge is 0.456 e. The van der Waals surface area contributed by atoms with Crippen LogP contribution in [-0.2, 0) is 0 Å². The molecule has 0 spiro atoms. The van der Waals surface area contributed by atoms with Crippen LogP contribution < -0.4 is 0 Å². The van der Waals surface area contributed by atoms with Gasteiger partial charge in [-0.25, -0.2) is 15.0 Å². The Labute approximate surface area is 325 Å². The van der Waals surface area contributed by atoms with E-state index >= 15 is 0 Å². The first kappa shape index (κ1) is 31.5. The van der Waals surface area contributed by atoms with Gasteiger partial charge in [0.25, 0.3) is 0 Å². The van der Waals surface area contributed by atoms with Crippen molar-refractivity contribution in [2.45, 2.75) is 0 Å². The number of benzene rings is 8. The highest BCUT2D eigenvalue weighted by Gasteiger charge is 2.19. The number of aromatic nitrogens is 3. The number of fused-ring (bicyclic) bond motifs is 9. The molecule has 12 rings (SSSR count). The van der Waals surface area contributed by atoms with Crippen LogP contribution in [0.2, 0.25) is 0 Å². The van der Waals surface area contributed by atoms with Crippen LogP contribution in [0.1, 0.15) is 0 Å². The molecule has 0 unspecified atom stereocenters. The quantitative estimate of drug-likeness (QED) is 0.175. The molecular weight excluding hydrogens is 703 g/mol. The third-order valence-electron chi connectivity index (χ3n) is 11.0. The molecule has 0 radical (unpaired) electrons. The summed E-state index contributed by atoms with van der Waals surface area (Å²) in [5, 5.41) is 6.41. The molecule has 0 aliphatic rings. The first-order valence-corrected chi connectivity index (χ1v) is 18.9. The number of nitrogens with zero attached hydrogens (tertiary/aromatic N) is 3. The lowest BCUT2D eigenvalue weighted by Crippen LogP contribution is -2.00. The molecule has 0 saturated carbocycles. The van der Waals surface area contributed by atoms with Crippen LogP contribution in [0.4, 0.5) is 0 Å². The van der Waals surface area contributed by atoms with Crippen LogP contribution >= 0.6 is 0 Å². The van der Waals surface area contributed by atoms with E-state index in [2.05, 4.69) is 97.1 Å². The lowest BCUT2D eigenvalue weighted by atomic mass is 9.93. The van der Waals surface area contributed by atoms with Gasteiger partial charge in [-0.1, -0.05) is 127 Å². The van der Waals surface area contributed by atoms with Gasteiger partial charge in [-0.05, 0) is 65.2 Å². The van der Waals surface area contributed by atoms with Gasteiger partial charge >= 0.3 is 0 Å². The Morgan fingerprint density at radius 1 is 0.263 bits per heavy atom.